The largest absolute Gasteiger partial charge is 0.387 e. The third-order valence-electron chi connectivity index (χ3n) is 1.04. The maximum absolute atomic E-state index is 7.30. The molecule has 0 aromatic rings. The van der Waals surface area contributed by atoms with Crippen LogP contribution >= 0.6 is 0 Å². The van der Waals surface area contributed by atoms with Crippen molar-refractivity contribution in [2.75, 3.05) is 0 Å². The van der Waals surface area contributed by atoms with E-state index in [9.17, 15) is 0 Å². The number of nitrogens with zero attached hydrogens (tertiary/aromatic N) is 1. The molecule has 0 atom stereocenters. The molecule has 0 spiro atoms. The first-order valence-electron chi connectivity index (χ1n) is 3.81. The second kappa shape index (κ2) is 5.08. The molecule has 0 aromatic carbocycles. The summed E-state index contributed by atoms with van der Waals surface area (Å²) in [5, 5.41) is 17.1. The van der Waals surface area contributed by atoms with E-state index in [1.807, 2.05) is 0 Å². The van der Waals surface area contributed by atoms with Crippen molar-refractivity contribution in [3.05, 3.63) is 11.8 Å². The number of guanidine groups is 1. The highest BCUT2D eigenvalue weighted by atomic mass is 15.1. The summed E-state index contributed by atoms with van der Waals surface area (Å²) in [6.45, 7) is 5.03. The molecular formula is C8H15N5. The Morgan fingerprint density at radius 3 is 2.23 bits per heavy atom. The third kappa shape index (κ3) is 6.74. The summed E-state index contributed by atoms with van der Waals surface area (Å²) in [6.07, 6.45) is 1.61. The lowest BCUT2D eigenvalue weighted by Crippen LogP contribution is -2.21. The molecule has 0 aromatic heterocycles. The monoisotopic (exact) mass is 181 g/mol. The Bertz CT molecular complexity index is 270. The highest BCUT2D eigenvalue weighted by molar-refractivity contribution is 5.94. The molecule has 0 aliphatic heterocycles. The van der Waals surface area contributed by atoms with E-state index in [0.29, 0.717) is 17.2 Å². The van der Waals surface area contributed by atoms with E-state index in [-0.39, 0.29) is 5.96 Å². The second-order valence-corrected chi connectivity index (χ2v) is 2.74. The van der Waals surface area contributed by atoms with Crippen molar-refractivity contribution in [2.24, 2.45) is 10.7 Å². The van der Waals surface area contributed by atoms with Crippen LogP contribution in [-0.2, 0) is 0 Å². The van der Waals surface area contributed by atoms with Gasteiger partial charge in [-0.2, -0.15) is 0 Å². The predicted octanol–water partition coefficient (Wildman–Crippen LogP) is 0.831. The number of nitrogens with two attached hydrogens (primary N) is 1. The molecular weight excluding hydrogens is 166 g/mol. The van der Waals surface area contributed by atoms with Crippen LogP contribution in [0.25, 0.3) is 0 Å². The van der Waals surface area contributed by atoms with Crippen LogP contribution in [0.2, 0.25) is 0 Å². The number of hydrogen-bond acceptors (Lipinski definition) is 2. The summed E-state index contributed by atoms with van der Waals surface area (Å²) in [5.74, 6) is 0.312. The summed E-state index contributed by atoms with van der Waals surface area (Å²) in [7, 11) is 0. The summed E-state index contributed by atoms with van der Waals surface area (Å²) >= 11 is 0. The average molecular weight is 181 g/mol. The SMILES string of the molecule is CC(=N)/C=C(/C)NC(=N)/N=C(\C)N. The fourth-order valence-electron chi connectivity index (χ4n) is 0.752. The molecule has 0 saturated carbocycles. The zero-order valence-electron chi connectivity index (χ0n) is 8.10. The molecule has 0 aliphatic rings. The van der Waals surface area contributed by atoms with Crippen molar-refractivity contribution >= 4 is 17.5 Å². The normalized spacial score (nSPS) is 12.5. The minimum absolute atomic E-state index is 0.0185. The minimum atomic E-state index is -0.0185. The van der Waals surface area contributed by atoms with E-state index >= 15 is 0 Å². The lowest BCUT2D eigenvalue weighted by atomic mass is 10.3. The lowest BCUT2D eigenvalue weighted by molar-refractivity contribution is 1.08. The van der Waals surface area contributed by atoms with Gasteiger partial charge in [0.2, 0.25) is 5.96 Å². The van der Waals surface area contributed by atoms with E-state index in [0.717, 1.165) is 0 Å². The maximum atomic E-state index is 7.30. The van der Waals surface area contributed by atoms with Crippen molar-refractivity contribution in [3.8, 4) is 0 Å². The molecule has 5 N–H and O–H groups in total. The van der Waals surface area contributed by atoms with E-state index in [4.69, 9.17) is 16.6 Å². The number of hydrogen-bond donors (Lipinski definition) is 4. The van der Waals surface area contributed by atoms with Gasteiger partial charge in [0.1, 0.15) is 0 Å². The van der Waals surface area contributed by atoms with Crippen molar-refractivity contribution in [2.45, 2.75) is 20.8 Å². The Labute approximate surface area is 77.8 Å². The van der Waals surface area contributed by atoms with Gasteiger partial charge in [0, 0.05) is 11.4 Å². The number of rotatable bonds is 2. The Hall–Kier alpha value is -1.65. The van der Waals surface area contributed by atoms with E-state index < -0.39 is 0 Å². The Kier molecular flexibility index (Phi) is 4.43. The van der Waals surface area contributed by atoms with E-state index in [2.05, 4.69) is 10.3 Å². The van der Waals surface area contributed by atoms with Gasteiger partial charge in [-0.25, -0.2) is 4.99 Å². The highest BCUT2D eigenvalue weighted by Gasteiger charge is 1.94. The van der Waals surface area contributed by atoms with Gasteiger partial charge in [-0.05, 0) is 26.8 Å². The molecule has 0 fully saturated rings. The first kappa shape index (κ1) is 11.4. The van der Waals surface area contributed by atoms with Crippen LogP contribution in [0.1, 0.15) is 20.8 Å². The van der Waals surface area contributed by atoms with Crippen LogP contribution < -0.4 is 11.1 Å². The zero-order valence-corrected chi connectivity index (χ0v) is 8.10. The molecule has 0 bridgehead atoms. The van der Waals surface area contributed by atoms with Gasteiger partial charge < -0.3 is 16.5 Å². The summed E-state index contributed by atoms with van der Waals surface area (Å²) in [6, 6.07) is 0. The predicted molar refractivity (Wildman–Crippen MR) is 55.3 cm³/mol. The fraction of sp³-hybridized carbons (Fsp3) is 0.375. The molecule has 0 rings (SSSR count). The van der Waals surface area contributed by atoms with Gasteiger partial charge in [-0.3, -0.25) is 5.41 Å². The standard InChI is InChI=1S/C8H15N5/c1-5(9)4-6(2)12-8(11)13-7(3)10/h4,9H,1-3H3,(H4,10,11,12,13)/b6-4-,9-5?. The summed E-state index contributed by atoms with van der Waals surface area (Å²) in [4.78, 5) is 3.68. The topological polar surface area (TPSA) is 98.1 Å². The van der Waals surface area contributed by atoms with Gasteiger partial charge in [0.25, 0.3) is 0 Å². The molecule has 13 heavy (non-hydrogen) atoms. The number of nitrogens with one attached hydrogen (secondary N) is 3. The van der Waals surface area contributed by atoms with Crippen molar-refractivity contribution < 1.29 is 0 Å². The van der Waals surface area contributed by atoms with Crippen LogP contribution in [0, 0.1) is 10.8 Å². The molecule has 5 heteroatoms. The average Bonchev–Trinajstić information content (AvgIpc) is 1.80. The molecule has 72 valence electrons. The first-order chi connectivity index (χ1) is 5.91. The molecule has 0 saturated heterocycles. The van der Waals surface area contributed by atoms with Crippen molar-refractivity contribution in [1.82, 2.24) is 5.32 Å². The number of amidine groups is 1. The van der Waals surface area contributed by atoms with Crippen LogP contribution in [0.3, 0.4) is 0 Å². The highest BCUT2D eigenvalue weighted by Crippen LogP contribution is 1.88. The molecule has 0 aliphatic carbocycles. The van der Waals surface area contributed by atoms with Crippen molar-refractivity contribution in [1.29, 1.82) is 10.8 Å². The van der Waals surface area contributed by atoms with Crippen LogP contribution in [0.5, 0.6) is 0 Å². The quantitative estimate of drug-likeness (QED) is 0.375. The molecule has 0 amide bonds. The van der Waals surface area contributed by atoms with Crippen LogP contribution in [0.15, 0.2) is 16.8 Å². The Morgan fingerprint density at radius 2 is 1.85 bits per heavy atom. The van der Waals surface area contributed by atoms with Gasteiger partial charge in [-0.1, -0.05) is 0 Å². The van der Waals surface area contributed by atoms with E-state index in [1.165, 1.54) is 0 Å². The van der Waals surface area contributed by atoms with Crippen LogP contribution in [-0.4, -0.2) is 17.5 Å². The lowest BCUT2D eigenvalue weighted by Gasteiger charge is -2.03. The number of allylic oxidation sites excluding steroid dienone is 2. The summed E-state index contributed by atoms with van der Waals surface area (Å²) in [5.41, 5.74) is 6.40. The third-order valence-corrected chi connectivity index (χ3v) is 1.04. The van der Waals surface area contributed by atoms with Gasteiger partial charge in [-0.15, -0.1) is 0 Å². The fourth-order valence-corrected chi connectivity index (χ4v) is 0.752. The van der Waals surface area contributed by atoms with E-state index in [1.54, 1.807) is 26.8 Å². The Morgan fingerprint density at radius 1 is 1.31 bits per heavy atom. The second-order valence-electron chi connectivity index (χ2n) is 2.74. The minimum Gasteiger partial charge on any atom is -0.387 e. The first-order valence-corrected chi connectivity index (χ1v) is 3.81. The Balaban J connectivity index is 4.23. The summed E-state index contributed by atoms with van der Waals surface area (Å²) < 4.78 is 0. The number of aliphatic imine (C=N–C) groups is 1. The molecule has 0 heterocycles. The smallest absolute Gasteiger partial charge is 0.221 e. The zero-order chi connectivity index (χ0) is 10.4. The van der Waals surface area contributed by atoms with Crippen LogP contribution in [0.4, 0.5) is 0 Å². The van der Waals surface area contributed by atoms with Crippen molar-refractivity contribution in [3.63, 3.8) is 0 Å². The molecule has 0 unspecified atom stereocenters. The van der Waals surface area contributed by atoms with Gasteiger partial charge in [0.05, 0.1) is 5.84 Å². The van der Waals surface area contributed by atoms with Gasteiger partial charge >= 0.3 is 0 Å². The molecule has 5 nitrogen and oxygen atoms in total. The maximum Gasteiger partial charge on any atom is 0.221 e. The molecule has 0 radical (unpaired) electrons. The van der Waals surface area contributed by atoms with Gasteiger partial charge in [0.15, 0.2) is 0 Å².